The highest BCUT2D eigenvalue weighted by atomic mass is 32.3. The minimum atomic E-state index is -3.95. The van der Waals surface area contributed by atoms with Crippen molar-refractivity contribution in [3.05, 3.63) is 59.2 Å². The number of amidine groups is 1. The number of anilines is 2. The lowest BCUT2D eigenvalue weighted by molar-refractivity contribution is -0.122. The normalized spacial score (nSPS) is 20.3. The third-order valence-electron chi connectivity index (χ3n) is 6.89. The number of benzene rings is 2. The summed E-state index contributed by atoms with van der Waals surface area (Å²) < 4.78 is 57.3. The van der Waals surface area contributed by atoms with Crippen molar-refractivity contribution in [2.24, 2.45) is 10.3 Å². The smallest absolute Gasteiger partial charge is 0.407 e. The van der Waals surface area contributed by atoms with Crippen molar-refractivity contribution in [2.75, 3.05) is 22.9 Å². The largest absolute Gasteiger partial charge is 0.506 e. The summed E-state index contributed by atoms with van der Waals surface area (Å²) in [4.78, 5) is 27.0. The Bertz CT molecular complexity index is 1580. The molecule has 1 atom stereocenters. The molecule has 0 fully saturated rings. The van der Waals surface area contributed by atoms with Crippen LogP contribution in [0, 0.1) is 5.92 Å². The summed E-state index contributed by atoms with van der Waals surface area (Å²) in [5.41, 5.74) is -0.642. The monoisotopic (exact) mass is 620 g/mol. The highest BCUT2D eigenvalue weighted by Gasteiger charge is 2.50. The quantitative estimate of drug-likeness (QED) is 0.217. The zero-order valence-corrected chi connectivity index (χ0v) is 25.6. The Labute approximate surface area is 246 Å². The summed E-state index contributed by atoms with van der Waals surface area (Å²) in [6.07, 6.45) is 1.11. The van der Waals surface area contributed by atoms with Gasteiger partial charge in [-0.2, -0.15) is 0 Å². The zero-order valence-electron chi connectivity index (χ0n) is 24.0. The lowest BCUT2D eigenvalue weighted by Gasteiger charge is -2.40. The molecule has 6 N–H and O–H groups in total. The number of aliphatic hydroxyl groups is 1. The molecule has 14 heteroatoms. The molecular weight excluding hydrogens is 584 g/mol. The maximum atomic E-state index is 14.5. The van der Waals surface area contributed by atoms with Gasteiger partial charge in [-0.05, 0) is 56.4 Å². The van der Waals surface area contributed by atoms with Gasteiger partial charge in [-0.15, -0.1) is 4.40 Å². The van der Waals surface area contributed by atoms with E-state index < -0.39 is 43.8 Å². The lowest BCUT2D eigenvalue weighted by atomic mass is 9.65. The van der Waals surface area contributed by atoms with Crippen LogP contribution in [0.4, 0.5) is 16.2 Å². The van der Waals surface area contributed by atoms with E-state index in [0.29, 0.717) is 17.5 Å². The molecule has 1 amide bonds. The Morgan fingerprint density at radius 3 is 2.48 bits per heavy atom. The average Bonchev–Trinajstić information content (AvgIpc) is 2.87. The fourth-order valence-corrected chi connectivity index (χ4v) is 6.70. The Balaban J connectivity index is 1.83. The summed E-state index contributed by atoms with van der Waals surface area (Å²) in [6, 6.07) is 10.6. The van der Waals surface area contributed by atoms with Crippen LogP contribution in [0.3, 0.4) is 0 Å². The van der Waals surface area contributed by atoms with E-state index in [1.165, 1.54) is 18.2 Å². The van der Waals surface area contributed by atoms with Crippen molar-refractivity contribution in [3.8, 4) is 0 Å². The molecule has 228 valence electrons. The topological polar surface area (TPSA) is 187 Å². The number of ether oxygens (including phenoxy) is 1. The van der Waals surface area contributed by atoms with E-state index in [0.717, 1.165) is 6.26 Å². The predicted molar refractivity (Wildman–Crippen MR) is 163 cm³/mol. The van der Waals surface area contributed by atoms with Crippen LogP contribution in [0.1, 0.15) is 51.7 Å². The molecular formula is C28H36N4O8S2. The average molecular weight is 621 g/mol. The van der Waals surface area contributed by atoms with Gasteiger partial charge >= 0.3 is 6.09 Å². The summed E-state index contributed by atoms with van der Waals surface area (Å²) in [5.74, 6) is -1.10. The van der Waals surface area contributed by atoms with E-state index in [9.17, 15) is 32.2 Å². The third-order valence-corrected chi connectivity index (χ3v) is 8.86. The first-order valence-corrected chi connectivity index (χ1v) is 16.7. The second kappa shape index (κ2) is 11.6. The van der Waals surface area contributed by atoms with Gasteiger partial charge in [-0.25, -0.2) is 13.2 Å². The number of hydrogen-bond acceptors (Lipinski definition) is 10. The van der Waals surface area contributed by atoms with E-state index >= 15 is 0 Å². The van der Waals surface area contributed by atoms with Crippen LogP contribution >= 0.6 is 10.8 Å². The van der Waals surface area contributed by atoms with Gasteiger partial charge in [-0.1, -0.05) is 48.9 Å². The number of rotatable bonds is 9. The van der Waals surface area contributed by atoms with Gasteiger partial charge in [0, 0.05) is 11.6 Å². The maximum absolute atomic E-state index is 14.5. The highest BCUT2D eigenvalue weighted by Crippen LogP contribution is 2.57. The first-order chi connectivity index (χ1) is 19.5. The van der Waals surface area contributed by atoms with E-state index in [4.69, 9.17) is 4.74 Å². The number of alkyl carbamates (subject to hydrolysis) is 1. The second-order valence-corrected chi connectivity index (χ2v) is 14.6. The Kier molecular flexibility index (Phi) is 8.65. The number of carbonyl (C=O) groups is 2. The fraction of sp³-hybridized carbons (Fsp3) is 0.393. The number of fused-ring (bicyclic) bond motifs is 2. The Morgan fingerprint density at radius 2 is 1.83 bits per heavy atom. The van der Waals surface area contributed by atoms with Crippen LogP contribution in [0.2, 0.25) is 0 Å². The van der Waals surface area contributed by atoms with E-state index in [2.05, 4.69) is 19.8 Å². The minimum Gasteiger partial charge on any atom is -0.506 e. The van der Waals surface area contributed by atoms with Gasteiger partial charge in [-0.3, -0.25) is 18.6 Å². The molecule has 42 heavy (non-hydrogen) atoms. The second-order valence-electron chi connectivity index (χ2n) is 11.2. The maximum Gasteiger partial charge on any atom is 0.407 e. The number of sulfonamides is 1. The minimum absolute atomic E-state index is 0.0888. The van der Waals surface area contributed by atoms with Crippen molar-refractivity contribution in [1.29, 1.82) is 0 Å². The first-order valence-electron chi connectivity index (χ1n) is 13.3. The third kappa shape index (κ3) is 6.41. The molecule has 2 aromatic carbocycles. The van der Waals surface area contributed by atoms with E-state index in [1.807, 2.05) is 13.8 Å². The van der Waals surface area contributed by atoms with Crippen LogP contribution in [0.25, 0.3) is 5.76 Å². The number of amides is 1. The molecule has 4 rings (SSSR count). The summed E-state index contributed by atoms with van der Waals surface area (Å²) >= 11 is 0. The van der Waals surface area contributed by atoms with Crippen molar-refractivity contribution < 1.29 is 37.0 Å². The fourth-order valence-electron chi connectivity index (χ4n) is 4.96. The number of aliphatic hydroxyl groups excluding tert-OH is 1. The number of hydrogen-bond donors (Lipinski definition) is 6. The number of carbonyl (C=O) groups excluding carboxylic acids is 2. The van der Waals surface area contributed by atoms with Gasteiger partial charge in [0.1, 0.15) is 22.8 Å². The summed E-state index contributed by atoms with van der Waals surface area (Å²) in [6.45, 7) is 7.22. The van der Waals surface area contributed by atoms with Crippen LogP contribution in [0.15, 0.2) is 57.3 Å². The van der Waals surface area contributed by atoms with Crippen molar-refractivity contribution in [1.82, 2.24) is 5.32 Å². The van der Waals surface area contributed by atoms with E-state index in [1.54, 1.807) is 38.1 Å². The molecule has 0 saturated carbocycles. The highest BCUT2D eigenvalue weighted by molar-refractivity contribution is 8.23. The molecule has 1 aliphatic heterocycles. The number of nitrogens with one attached hydrogen (secondary N) is 3. The molecule has 2 aliphatic rings. The molecule has 1 unspecified atom stereocenters. The standard InChI is InChI=1S/C28H36N4O8S2/c1-16(2)12-13-28(15-40-27(35)29-17(3)4)20-9-7-6-8-19(20)24(33)23(25(28)34)26-30-21-11-10-18(31-41(5,36)37)14-22(21)42(38,39)32-26/h6-11,14,16-17,31,33,38-39H,12-13,15H2,1-5H3,(H,29,35)(H,30,32). The predicted octanol–water partition coefficient (Wildman–Crippen LogP) is 5.27. The summed E-state index contributed by atoms with van der Waals surface area (Å²) in [7, 11) is -7.59. The lowest BCUT2D eigenvalue weighted by Crippen LogP contribution is -2.48. The van der Waals surface area contributed by atoms with Crippen molar-refractivity contribution >= 4 is 55.6 Å². The molecule has 0 aromatic heterocycles. The van der Waals surface area contributed by atoms with Gasteiger partial charge < -0.3 is 20.5 Å². The van der Waals surface area contributed by atoms with Gasteiger partial charge in [0.2, 0.25) is 10.0 Å². The molecule has 0 spiro atoms. The summed E-state index contributed by atoms with van der Waals surface area (Å²) in [5, 5.41) is 17.0. The number of Topliss-reactive ketones (excluding diaryl/α,β-unsaturated/α-hetero) is 1. The van der Waals surface area contributed by atoms with Crippen LogP contribution < -0.4 is 15.4 Å². The first kappa shape index (κ1) is 31.3. The molecule has 1 heterocycles. The molecule has 1 aliphatic carbocycles. The molecule has 2 aromatic rings. The van der Waals surface area contributed by atoms with Crippen LogP contribution in [-0.2, 0) is 25.0 Å². The van der Waals surface area contributed by atoms with Crippen LogP contribution in [0.5, 0.6) is 0 Å². The molecule has 0 bridgehead atoms. The molecule has 0 radical (unpaired) electrons. The Hall–Kier alpha value is -3.59. The van der Waals surface area contributed by atoms with Crippen molar-refractivity contribution in [3.63, 3.8) is 0 Å². The van der Waals surface area contributed by atoms with E-state index in [-0.39, 0.29) is 52.7 Å². The number of ketones is 1. The van der Waals surface area contributed by atoms with Crippen LogP contribution in [-0.4, -0.2) is 59.2 Å². The zero-order chi connectivity index (χ0) is 31.0. The van der Waals surface area contributed by atoms with Gasteiger partial charge in [0.05, 0.1) is 23.0 Å². The molecule has 0 saturated heterocycles. The van der Waals surface area contributed by atoms with Gasteiger partial charge in [0.25, 0.3) is 0 Å². The van der Waals surface area contributed by atoms with Gasteiger partial charge in [0.15, 0.2) is 11.6 Å². The van der Waals surface area contributed by atoms with Crippen molar-refractivity contribution in [2.45, 2.75) is 56.9 Å². The SMILES string of the molecule is CC(C)CCC1(COC(=O)NC(C)C)C(=O)C(C2=NS(O)(O)c3cc(NS(C)(=O)=O)ccc3N2)=C(O)c2ccccc21. The Morgan fingerprint density at radius 1 is 1.14 bits per heavy atom. The number of nitrogens with zero attached hydrogens (tertiary/aromatic N) is 1. The molecule has 12 nitrogen and oxygen atoms in total.